The normalized spacial score (nSPS) is 20.3. The Labute approximate surface area is 140 Å². The molecule has 0 aliphatic heterocycles. The molecule has 0 atom stereocenters. The molecule has 0 heteroatoms. The van der Waals surface area contributed by atoms with E-state index in [4.69, 9.17) is 0 Å². The SMILES string of the molecule is C=CCC1CCC(c2ccccc2C#Cc2ccccc2)CC1. The minimum atomic E-state index is 0.664. The van der Waals surface area contributed by atoms with Crippen molar-refractivity contribution >= 4 is 0 Å². The van der Waals surface area contributed by atoms with Crippen molar-refractivity contribution in [3.63, 3.8) is 0 Å². The monoisotopic (exact) mass is 300 g/mol. The van der Waals surface area contributed by atoms with Gasteiger partial charge in [0.25, 0.3) is 0 Å². The zero-order chi connectivity index (χ0) is 15.9. The predicted molar refractivity (Wildman–Crippen MR) is 98.4 cm³/mol. The van der Waals surface area contributed by atoms with E-state index in [2.05, 4.69) is 60.9 Å². The van der Waals surface area contributed by atoms with E-state index in [0.29, 0.717) is 5.92 Å². The summed E-state index contributed by atoms with van der Waals surface area (Å²) < 4.78 is 0. The Balaban J connectivity index is 1.77. The maximum Gasteiger partial charge on any atom is 0.0283 e. The second-order valence-corrected chi connectivity index (χ2v) is 6.45. The van der Waals surface area contributed by atoms with Crippen LogP contribution in [0.15, 0.2) is 67.3 Å². The summed E-state index contributed by atoms with van der Waals surface area (Å²) in [5.41, 5.74) is 3.72. The molecule has 0 nitrogen and oxygen atoms in total. The predicted octanol–water partition coefficient (Wildman–Crippen LogP) is 5.94. The van der Waals surface area contributed by atoms with Crippen molar-refractivity contribution < 1.29 is 0 Å². The van der Waals surface area contributed by atoms with E-state index in [-0.39, 0.29) is 0 Å². The van der Waals surface area contributed by atoms with Gasteiger partial charge in [0, 0.05) is 11.1 Å². The first-order valence-electron chi connectivity index (χ1n) is 8.63. The quantitative estimate of drug-likeness (QED) is 0.486. The van der Waals surface area contributed by atoms with Gasteiger partial charge in [-0.1, -0.05) is 54.3 Å². The van der Waals surface area contributed by atoms with Gasteiger partial charge >= 0.3 is 0 Å². The van der Waals surface area contributed by atoms with Crippen LogP contribution in [0.1, 0.15) is 54.7 Å². The van der Waals surface area contributed by atoms with Crippen LogP contribution >= 0.6 is 0 Å². The lowest BCUT2D eigenvalue weighted by Crippen LogP contribution is -2.13. The summed E-state index contributed by atoms with van der Waals surface area (Å²) >= 11 is 0. The lowest BCUT2D eigenvalue weighted by Gasteiger charge is -2.28. The Morgan fingerprint density at radius 3 is 2.30 bits per heavy atom. The standard InChI is InChI=1S/C23H24/c1-2-8-19-13-17-22(18-14-19)23-12-7-6-11-21(23)16-15-20-9-4-3-5-10-20/h2-7,9-12,19,22H,1,8,13-14,17-18H2. The Morgan fingerprint density at radius 1 is 0.870 bits per heavy atom. The molecule has 0 bridgehead atoms. The highest BCUT2D eigenvalue weighted by molar-refractivity contribution is 5.47. The van der Waals surface area contributed by atoms with Crippen LogP contribution < -0.4 is 0 Å². The second-order valence-electron chi connectivity index (χ2n) is 6.45. The van der Waals surface area contributed by atoms with Crippen LogP contribution in [-0.4, -0.2) is 0 Å². The molecule has 3 rings (SSSR count). The van der Waals surface area contributed by atoms with Crippen molar-refractivity contribution in [1.82, 2.24) is 0 Å². The van der Waals surface area contributed by atoms with E-state index in [9.17, 15) is 0 Å². The lowest BCUT2D eigenvalue weighted by molar-refractivity contribution is 0.328. The summed E-state index contributed by atoms with van der Waals surface area (Å²) in [6.07, 6.45) is 8.44. The van der Waals surface area contributed by atoms with E-state index in [1.165, 1.54) is 43.2 Å². The van der Waals surface area contributed by atoms with Crippen molar-refractivity contribution in [2.45, 2.75) is 38.0 Å². The number of hydrogen-bond acceptors (Lipinski definition) is 0. The smallest absolute Gasteiger partial charge is 0.0283 e. The highest BCUT2D eigenvalue weighted by Gasteiger charge is 2.22. The van der Waals surface area contributed by atoms with Crippen molar-refractivity contribution in [3.05, 3.63) is 83.9 Å². The van der Waals surface area contributed by atoms with E-state index in [0.717, 1.165) is 11.5 Å². The van der Waals surface area contributed by atoms with Gasteiger partial charge < -0.3 is 0 Å². The van der Waals surface area contributed by atoms with Crippen molar-refractivity contribution in [3.8, 4) is 11.8 Å². The maximum atomic E-state index is 3.88. The molecule has 1 aliphatic rings. The number of allylic oxidation sites excluding steroid dienone is 1. The molecule has 2 aromatic rings. The third kappa shape index (κ3) is 4.14. The van der Waals surface area contributed by atoms with Crippen LogP contribution in [0.5, 0.6) is 0 Å². The van der Waals surface area contributed by atoms with Crippen LogP contribution in [0.25, 0.3) is 0 Å². The highest BCUT2D eigenvalue weighted by atomic mass is 14.3. The summed E-state index contributed by atoms with van der Waals surface area (Å²) in [4.78, 5) is 0. The van der Waals surface area contributed by atoms with Crippen LogP contribution in [0.3, 0.4) is 0 Å². The minimum Gasteiger partial charge on any atom is -0.103 e. The summed E-state index contributed by atoms with van der Waals surface area (Å²) in [5, 5.41) is 0. The maximum absolute atomic E-state index is 3.88. The van der Waals surface area contributed by atoms with Gasteiger partial charge in [-0.15, -0.1) is 6.58 Å². The Morgan fingerprint density at radius 2 is 1.57 bits per heavy atom. The molecule has 0 heterocycles. The number of rotatable bonds is 3. The first kappa shape index (κ1) is 15.6. The highest BCUT2D eigenvalue weighted by Crippen LogP contribution is 2.38. The van der Waals surface area contributed by atoms with E-state index in [1.807, 2.05) is 18.2 Å². The third-order valence-electron chi connectivity index (χ3n) is 4.86. The molecule has 0 unspecified atom stereocenters. The van der Waals surface area contributed by atoms with Gasteiger partial charge in [0.05, 0.1) is 0 Å². The van der Waals surface area contributed by atoms with E-state index >= 15 is 0 Å². The van der Waals surface area contributed by atoms with Gasteiger partial charge in [-0.2, -0.15) is 0 Å². The summed E-state index contributed by atoms with van der Waals surface area (Å²) in [7, 11) is 0. The minimum absolute atomic E-state index is 0.664. The van der Waals surface area contributed by atoms with Crippen molar-refractivity contribution in [2.24, 2.45) is 5.92 Å². The largest absolute Gasteiger partial charge is 0.103 e. The first-order valence-corrected chi connectivity index (χ1v) is 8.63. The van der Waals surface area contributed by atoms with Gasteiger partial charge in [0.1, 0.15) is 0 Å². The van der Waals surface area contributed by atoms with Gasteiger partial charge in [-0.3, -0.25) is 0 Å². The van der Waals surface area contributed by atoms with E-state index in [1.54, 1.807) is 0 Å². The van der Waals surface area contributed by atoms with Crippen LogP contribution in [0.4, 0.5) is 0 Å². The Kier molecular flexibility index (Phi) is 5.33. The van der Waals surface area contributed by atoms with Crippen LogP contribution in [-0.2, 0) is 0 Å². The summed E-state index contributed by atoms with van der Waals surface area (Å²) in [6.45, 7) is 3.88. The molecular formula is C23H24. The zero-order valence-corrected chi connectivity index (χ0v) is 13.7. The van der Waals surface area contributed by atoms with Crippen molar-refractivity contribution in [2.75, 3.05) is 0 Å². The summed E-state index contributed by atoms with van der Waals surface area (Å²) in [5.74, 6) is 8.21. The molecule has 2 aromatic carbocycles. The molecule has 23 heavy (non-hydrogen) atoms. The van der Waals surface area contributed by atoms with Crippen LogP contribution in [0.2, 0.25) is 0 Å². The second kappa shape index (κ2) is 7.84. The van der Waals surface area contributed by atoms with E-state index < -0.39 is 0 Å². The number of benzene rings is 2. The molecular weight excluding hydrogens is 276 g/mol. The average Bonchev–Trinajstić information content (AvgIpc) is 2.62. The molecule has 1 fully saturated rings. The summed E-state index contributed by atoms with van der Waals surface area (Å²) in [6, 6.07) is 18.9. The Bertz CT molecular complexity index is 692. The molecule has 0 aromatic heterocycles. The lowest BCUT2D eigenvalue weighted by atomic mass is 9.76. The Hall–Kier alpha value is -2.26. The van der Waals surface area contributed by atoms with Gasteiger partial charge in [-0.25, -0.2) is 0 Å². The third-order valence-corrected chi connectivity index (χ3v) is 4.86. The average molecular weight is 300 g/mol. The molecule has 0 amide bonds. The van der Waals surface area contributed by atoms with Crippen molar-refractivity contribution in [1.29, 1.82) is 0 Å². The fourth-order valence-corrected chi connectivity index (χ4v) is 3.57. The topological polar surface area (TPSA) is 0 Å². The molecule has 0 N–H and O–H groups in total. The fourth-order valence-electron chi connectivity index (χ4n) is 3.57. The van der Waals surface area contributed by atoms with Crippen LogP contribution in [0, 0.1) is 17.8 Å². The number of hydrogen-bond donors (Lipinski definition) is 0. The van der Waals surface area contributed by atoms with Gasteiger partial charge in [0.15, 0.2) is 0 Å². The molecule has 116 valence electrons. The van der Waals surface area contributed by atoms with Gasteiger partial charge in [0.2, 0.25) is 0 Å². The molecule has 1 saturated carbocycles. The first-order chi connectivity index (χ1) is 11.4. The fraction of sp³-hybridized carbons (Fsp3) is 0.304. The molecule has 0 saturated heterocycles. The molecule has 0 spiro atoms. The molecule has 1 aliphatic carbocycles. The molecule has 0 radical (unpaired) electrons. The van der Waals surface area contributed by atoms with Gasteiger partial charge in [-0.05, 0) is 67.7 Å². The zero-order valence-electron chi connectivity index (χ0n) is 13.7.